The van der Waals surface area contributed by atoms with Crippen molar-refractivity contribution in [2.75, 3.05) is 55.8 Å². The van der Waals surface area contributed by atoms with Crippen LogP contribution in [0.4, 0.5) is 27.8 Å². The predicted octanol–water partition coefficient (Wildman–Crippen LogP) is 2.51. The standard InChI is InChI=1S/C24H27N7O3/c1-26-24(33)27-21-15-22-30(6-7-31(22)28-21)20-13-17(16-2-4-19(25)5-3-16)12-18(14-20)23(32)29-8-10-34-11-9-29/h2-5,12-15H,6-11,25H2,1H3,(H2,26,27,28,33). The van der Waals surface area contributed by atoms with Gasteiger partial charge in [-0.05, 0) is 41.5 Å². The second-order valence-corrected chi connectivity index (χ2v) is 8.26. The van der Waals surface area contributed by atoms with E-state index in [-0.39, 0.29) is 11.9 Å². The molecule has 0 radical (unpaired) electrons. The first-order valence-corrected chi connectivity index (χ1v) is 11.2. The summed E-state index contributed by atoms with van der Waals surface area (Å²) < 4.78 is 7.27. The third-order valence-corrected chi connectivity index (χ3v) is 6.06. The molecule has 0 bridgehead atoms. The number of ether oxygens (including phenoxy) is 1. The highest BCUT2D eigenvalue weighted by molar-refractivity contribution is 5.97. The molecule has 0 atom stereocenters. The van der Waals surface area contributed by atoms with Crippen molar-refractivity contribution in [3.05, 3.63) is 54.1 Å². The van der Waals surface area contributed by atoms with E-state index in [1.54, 1.807) is 7.05 Å². The Labute approximate surface area is 197 Å². The number of hydrogen-bond acceptors (Lipinski definition) is 6. The Kier molecular flexibility index (Phi) is 5.81. The number of nitrogens with one attached hydrogen (secondary N) is 2. The molecule has 0 unspecified atom stereocenters. The van der Waals surface area contributed by atoms with Gasteiger partial charge in [0.2, 0.25) is 0 Å². The molecule has 3 amide bonds. The number of hydrogen-bond donors (Lipinski definition) is 3. The van der Waals surface area contributed by atoms with Gasteiger partial charge < -0.3 is 25.6 Å². The summed E-state index contributed by atoms with van der Waals surface area (Å²) in [7, 11) is 1.56. The van der Waals surface area contributed by atoms with Crippen LogP contribution in [0.3, 0.4) is 0 Å². The molecule has 3 heterocycles. The normalized spacial score (nSPS) is 15.2. The van der Waals surface area contributed by atoms with E-state index >= 15 is 0 Å². The van der Waals surface area contributed by atoms with Crippen LogP contribution in [0.2, 0.25) is 0 Å². The average molecular weight is 462 g/mol. The molecule has 4 N–H and O–H groups in total. The van der Waals surface area contributed by atoms with Crippen molar-refractivity contribution in [1.29, 1.82) is 0 Å². The third kappa shape index (κ3) is 4.27. The summed E-state index contributed by atoms with van der Waals surface area (Å²) >= 11 is 0. The highest BCUT2D eigenvalue weighted by atomic mass is 16.5. The maximum absolute atomic E-state index is 13.4. The maximum Gasteiger partial charge on any atom is 0.320 e. The van der Waals surface area contributed by atoms with E-state index in [9.17, 15) is 9.59 Å². The summed E-state index contributed by atoms with van der Waals surface area (Å²) in [4.78, 5) is 29.0. The molecule has 10 heteroatoms. The number of nitrogen functional groups attached to an aromatic ring is 1. The molecular formula is C24H27N7O3. The largest absolute Gasteiger partial charge is 0.399 e. The molecule has 1 saturated heterocycles. The molecule has 0 saturated carbocycles. The fourth-order valence-corrected chi connectivity index (χ4v) is 4.28. The van der Waals surface area contributed by atoms with Crippen LogP contribution in [0.5, 0.6) is 0 Å². The number of nitrogens with zero attached hydrogens (tertiary/aromatic N) is 4. The maximum atomic E-state index is 13.4. The minimum atomic E-state index is -0.327. The second-order valence-electron chi connectivity index (χ2n) is 8.26. The number of aromatic nitrogens is 2. The summed E-state index contributed by atoms with van der Waals surface area (Å²) in [6.07, 6.45) is 0. The Morgan fingerprint density at radius 1 is 0.971 bits per heavy atom. The van der Waals surface area contributed by atoms with E-state index in [1.807, 2.05) is 52.0 Å². The first-order chi connectivity index (χ1) is 16.5. The van der Waals surface area contributed by atoms with Crippen LogP contribution in [0.15, 0.2) is 48.5 Å². The highest BCUT2D eigenvalue weighted by Gasteiger charge is 2.26. The van der Waals surface area contributed by atoms with Crippen LogP contribution < -0.4 is 21.3 Å². The number of benzene rings is 2. The number of fused-ring (bicyclic) bond motifs is 1. The topological polar surface area (TPSA) is 118 Å². The van der Waals surface area contributed by atoms with Crippen LogP contribution >= 0.6 is 0 Å². The van der Waals surface area contributed by atoms with Gasteiger partial charge in [-0.1, -0.05) is 12.1 Å². The van der Waals surface area contributed by atoms with Crippen molar-refractivity contribution in [3.63, 3.8) is 0 Å². The van der Waals surface area contributed by atoms with Gasteiger partial charge >= 0.3 is 6.03 Å². The van der Waals surface area contributed by atoms with Gasteiger partial charge in [-0.2, -0.15) is 5.10 Å². The number of rotatable bonds is 4. The van der Waals surface area contributed by atoms with Crippen LogP contribution in [-0.2, 0) is 11.3 Å². The number of morpholine rings is 1. The SMILES string of the molecule is CNC(=O)Nc1cc2n(n1)CCN2c1cc(C(=O)N2CCOCC2)cc(-c2ccc(N)cc2)c1. The van der Waals surface area contributed by atoms with E-state index in [0.717, 1.165) is 22.6 Å². The Bertz CT molecular complexity index is 1220. The van der Waals surface area contributed by atoms with Crippen LogP contribution in [0, 0.1) is 0 Å². The molecule has 176 valence electrons. The number of carbonyl (C=O) groups excluding carboxylic acids is 2. The van der Waals surface area contributed by atoms with Crippen molar-refractivity contribution < 1.29 is 14.3 Å². The van der Waals surface area contributed by atoms with Crippen molar-refractivity contribution in [1.82, 2.24) is 20.0 Å². The smallest absolute Gasteiger partial charge is 0.320 e. The Morgan fingerprint density at radius 3 is 2.47 bits per heavy atom. The number of carbonyl (C=O) groups is 2. The van der Waals surface area contributed by atoms with E-state index in [0.29, 0.717) is 56.5 Å². The van der Waals surface area contributed by atoms with Crippen LogP contribution in [0.25, 0.3) is 11.1 Å². The molecule has 3 aromatic rings. The lowest BCUT2D eigenvalue weighted by atomic mass is 10.0. The molecule has 34 heavy (non-hydrogen) atoms. The van der Waals surface area contributed by atoms with Crippen molar-refractivity contribution in [3.8, 4) is 11.1 Å². The average Bonchev–Trinajstić information content (AvgIpc) is 3.44. The highest BCUT2D eigenvalue weighted by Crippen LogP contribution is 2.35. The first-order valence-electron chi connectivity index (χ1n) is 11.2. The van der Waals surface area contributed by atoms with Gasteiger partial charge in [0.05, 0.1) is 19.8 Å². The molecule has 0 spiro atoms. The van der Waals surface area contributed by atoms with Gasteiger partial charge in [-0.3, -0.25) is 10.1 Å². The number of nitrogens with two attached hydrogens (primary N) is 1. The second kappa shape index (κ2) is 9.06. The summed E-state index contributed by atoms with van der Waals surface area (Å²) in [5, 5.41) is 9.72. The zero-order valence-electron chi connectivity index (χ0n) is 19.0. The number of anilines is 4. The van der Waals surface area contributed by atoms with Crippen molar-refractivity contribution in [2.45, 2.75) is 6.54 Å². The molecule has 1 aromatic heterocycles. The Hall–Kier alpha value is -4.05. The first kappa shape index (κ1) is 21.8. The van der Waals surface area contributed by atoms with E-state index in [2.05, 4.69) is 26.7 Å². The molecule has 2 aliphatic heterocycles. The van der Waals surface area contributed by atoms with Crippen LogP contribution in [-0.4, -0.2) is 66.5 Å². The lowest BCUT2D eigenvalue weighted by molar-refractivity contribution is 0.0303. The zero-order chi connectivity index (χ0) is 23.7. The number of amides is 3. The Balaban J connectivity index is 1.53. The van der Waals surface area contributed by atoms with Gasteiger partial charge in [0.1, 0.15) is 5.82 Å². The molecule has 10 nitrogen and oxygen atoms in total. The van der Waals surface area contributed by atoms with E-state index in [4.69, 9.17) is 10.5 Å². The summed E-state index contributed by atoms with van der Waals surface area (Å²) in [6, 6.07) is 15.0. The van der Waals surface area contributed by atoms with Gasteiger partial charge in [-0.15, -0.1) is 0 Å². The minimum Gasteiger partial charge on any atom is -0.399 e. The summed E-state index contributed by atoms with van der Waals surface area (Å²) in [6.45, 7) is 3.62. The fraction of sp³-hybridized carbons (Fsp3) is 0.292. The lowest BCUT2D eigenvalue weighted by Crippen LogP contribution is -2.40. The third-order valence-electron chi connectivity index (χ3n) is 6.06. The number of urea groups is 1. The van der Waals surface area contributed by atoms with Crippen LogP contribution in [0.1, 0.15) is 10.4 Å². The molecule has 1 fully saturated rings. The molecule has 0 aliphatic carbocycles. The quantitative estimate of drug-likeness (QED) is 0.514. The van der Waals surface area contributed by atoms with Gasteiger partial charge in [0, 0.05) is 49.7 Å². The fourth-order valence-electron chi connectivity index (χ4n) is 4.28. The van der Waals surface area contributed by atoms with E-state index < -0.39 is 0 Å². The molecule has 2 aliphatic rings. The van der Waals surface area contributed by atoms with Gasteiger partial charge in [0.25, 0.3) is 5.91 Å². The summed E-state index contributed by atoms with van der Waals surface area (Å²) in [5.41, 5.74) is 9.97. The zero-order valence-corrected chi connectivity index (χ0v) is 19.0. The summed E-state index contributed by atoms with van der Waals surface area (Å²) in [5.74, 6) is 1.31. The Morgan fingerprint density at radius 2 is 1.74 bits per heavy atom. The molecule has 5 rings (SSSR count). The monoisotopic (exact) mass is 461 g/mol. The van der Waals surface area contributed by atoms with Gasteiger partial charge in [-0.25, -0.2) is 9.48 Å². The lowest BCUT2D eigenvalue weighted by Gasteiger charge is -2.27. The van der Waals surface area contributed by atoms with E-state index in [1.165, 1.54) is 0 Å². The molecular weight excluding hydrogens is 434 g/mol. The van der Waals surface area contributed by atoms with Gasteiger partial charge in [0.15, 0.2) is 5.82 Å². The van der Waals surface area contributed by atoms with Crippen molar-refractivity contribution >= 4 is 34.9 Å². The molecule has 2 aromatic carbocycles. The predicted molar refractivity (Wildman–Crippen MR) is 130 cm³/mol. The van der Waals surface area contributed by atoms with Crippen molar-refractivity contribution in [2.24, 2.45) is 0 Å². The minimum absolute atomic E-state index is 0.0171.